The Morgan fingerprint density at radius 3 is 2.52 bits per heavy atom. The molecule has 0 amide bonds. The van der Waals surface area contributed by atoms with Gasteiger partial charge in [-0.1, -0.05) is 36.0 Å². The van der Waals surface area contributed by atoms with E-state index in [0.717, 1.165) is 9.46 Å². The molecule has 2 aromatic heterocycles. The SMILES string of the molecule is Cn1c(=O)c2c(ncn2CCOC(=O)c2ccccc2Sc2ccccc2C#N)n(C)c1=O. The van der Waals surface area contributed by atoms with Crippen LogP contribution in [0.4, 0.5) is 0 Å². The monoisotopic (exact) mass is 461 g/mol. The average Bonchev–Trinajstić information content (AvgIpc) is 3.26. The predicted molar refractivity (Wildman–Crippen MR) is 122 cm³/mol. The molecular formula is C23H19N5O4S. The minimum atomic E-state index is -0.516. The maximum Gasteiger partial charge on any atom is 0.339 e. The first kappa shape index (κ1) is 22.1. The Labute approximate surface area is 192 Å². The molecule has 0 aliphatic carbocycles. The van der Waals surface area contributed by atoms with Crippen LogP contribution in [0.1, 0.15) is 15.9 Å². The molecule has 4 rings (SSSR count). The van der Waals surface area contributed by atoms with Crippen LogP contribution >= 0.6 is 11.8 Å². The van der Waals surface area contributed by atoms with Crippen LogP contribution < -0.4 is 11.2 Å². The molecule has 0 aliphatic rings. The molecule has 0 bridgehead atoms. The van der Waals surface area contributed by atoms with Gasteiger partial charge in [-0.3, -0.25) is 13.9 Å². The number of carbonyl (C=O) groups is 1. The third-order valence-electron chi connectivity index (χ3n) is 5.12. The van der Waals surface area contributed by atoms with Crippen LogP contribution in [-0.2, 0) is 25.4 Å². The van der Waals surface area contributed by atoms with Gasteiger partial charge in [0, 0.05) is 23.9 Å². The summed E-state index contributed by atoms with van der Waals surface area (Å²) in [6.45, 7) is 0.201. The molecule has 2 aromatic carbocycles. The molecule has 4 aromatic rings. The number of nitrogens with zero attached hydrogens (tertiary/aromatic N) is 5. The minimum absolute atomic E-state index is 0.00404. The Morgan fingerprint density at radius 2 is 1.76 bits per heavy atom. The second kappa shape index (κ2) is 9.18. The Hall–Kier alpha value is -4.10. The van der Waals surface area contributed by atoms with E-state index in [1.807, 2.05) is 18.2 Å². The lowest BCUT2D eigenvalue weighted by Crippen LogP contribution is -2.37. The standard InChI is InChI=1S/C23H19N5O4S/c1-26-20-19(21(29)27(2)23(26)31)28(14-25-20)11-12-32-22(30)16-8-4-6-10-18(16)33-17-9-5-3-7-15(17)13-24/h3-10,14H,11-12H2,1-2H3. The summed E-state index contributed by atoms with van der Waals surface area (Å²) in [5.74, 6) is -0.516. The molecule has 0 spiro atoms. The quantitative estimate of drug-likeness (QED) is 0.405. The summed E-state index contributed by atoms with van der Waals surface area (Å²) < 4.78 is 9.34. The summed E-state index contributed by atoms with van der Waals surface area (Å²) in [4.78, 5) is 42.9. The third-order valence-corrected chi connectivity index (χ3v) is 6.27. The van der Waals surface area contributed by atoms with Crippen molar-refractivity contribution in [3.63, 3.8) is 0 Å². The summed E-state index contributed by atoms with van der Waals surface area (Å²) in [6.07, 6.45) is 1.45. The van der Waals surface area contributed by atoms with Gasteiger partial charge in [-0.2, -0.15) is 5.26 Å². The maximum absolute atomic E-state index is 12.8. The van der Waals surface area contributed by atoms with Crippen molar-refractivity contribution in [1.82, 2.24) is 18.7 Å². The number of nitriles is 1. The van der Waals surface area contributed by atoms with E-state index in [1.165, 1.54) is 29.7 Å². The number of benzene rings is 2. The number of imidazole rings is 1. The highest BCUT2D eigenvalue weighted by Gasteiger charge is 2.17. The van der Waals surface area contributed by atoms with E-state index in [4.69, 9.17) is 4.74 Å². The summed E-state index contributed by atoms with van der Waals surface area (Å²) in [6, 6.07) is 16.3. The fraction of sp³-hybridized carbons (Fsp3) is 0.174. The van der Waals surface area contributed by atoms with Crippen LogP contribution in [0.3, 0.4) is 0 Å². The lowest BCUT2D eigenvalue weighted by Gasteiger charge is -2.11. The molecule has 0 unspecified atom stereocenters. The number of fused-ring (bicyclic) bond motifs is 1. The largest absolute Gasteiger partial charge is 0.460 e. The topological polar surface area (TPSA) is 112 Å². The number of hydrogen-bond donors (Lipinski definition) is 0. The second-order valence-corrected chi connectivity index (χ2v) is 8.24. The van der Waals surface area contributed by atoms with Gasteiger partial charge in [-0.05, 0) is 24.3 Å². The van der Waals surface area contributed by atoms with Crippen molar-refractivity contribution in [3.05, 3.63) is 86.8 Å². The van der Waals surface area contributed by atoms with E-state index >= 15 is 0 Å². The molecule has 0 aliphatic heterocycles. The van der Waals surface area contributed by atoms with Crippen molar-refractivity contribution in [2.75, 3.05) is 6.61 Å². The van der Waals surface area contributed by atoms with Crippen LogP contribution in [-0.4, -0.2) is 31.3 Å². The van der Waals surface area contributed by atoms with Crippen LogP contribution in [0.5, 0.6) is 0 Å². The predicted octanol–water partition coefficient (Wildman–Crippen LogP) is 2.31. The van der Waals surface area contributed by atoms with Crippen molar-refractivity contribution in [2.24, 2.45) is 14.1 Å². The van der Waals surface area contributed by atoms with Gasteiger partial charge in [0.2, 0.25) is 0 Å². The summed E-state index contributed by atoms with van der Waals surface area (Å²) in [7, 11) is 2.95. The fourth-order valence-electron chi connectivity index (χ4n) is 3.37. The Morgan fingerprint density at radius 1 is 1.06 bits per heavy atom. The van der Waals surface area contributed by atoms with Gasteiger partial charge in [-0.15, -0.1) is 0 Å². The highest BCUT2D eigenvalue weighted by atomic mass is 32.2. The van der Waals surface area contributed by atoms with Gasteiger partial charge in [0.1, 0.15) is 12.7 Å². The molecule has 9 nitrogen and oxygen atoms in total. The lowest BCUT2D eigenvalue weighted by molar-refractivity contribution is 0.0488. The molecule has 0 radical (unpaired) electrons. The second-order valence-electron chi connectivity index (χ2n) is 7.16. The van der Waals surface area contributed by atoms with Gasteiger partial charge >= 0.3 is 11.7 Å². The van der Waals surface area contributed by atoms with E-state index in [-0.39, 0.29) is 24.3 Å². The minimum Gasteiger partial charge on any atom is -0.460 e. The zero-order chi connectivity index (χ0) is 23.5. The van der Waals surface area contributed by atoms with Gasteiger partial charge in [0.05, 0.1) is 24.0 Å². The highest BCUT2D eigenvalue weighted by Crippen LogP contribution is 2.32. The number of aromatic nitrogens is 4. The molecule has 0 N–H and O–H groups in total. The van der Waals surface area contributed by atoms with E-state index in [1.54, 1.807) is 41.9 Å². The smallest absolute Gasteiger partial charge is 0.339 e. The molecule has 2 heterocycles. The van der Waals surface area contributed by atoms with Crippen LogP contribution in [0.25, 0.3) is 11.2 Å². The maximum atomic E-state index is 12.8. The van der Waals surface area contributed by atoms with E-state index in [9.17, 15) is 19.6 Å². The Bertz CT molecular complexity index is 1530. The van der Waals surface area contributed by atoms with Crippen molar-refractivity contribution < 1.29 is 9.53 Å². The Kier molecular flexibility index (Phi) is 6.15. The summed E-state index contributed by atoms with van der Waals surface area (Å²) in [5.41, 5.74) is 0.510. The molecule has 10 heteroatoms. The van der Waals surface area contributed by atoms with E-state index < -0.39 is 17.2 Å². The molecule has 33 heavy (non-hydrogen) atoms. The van der Waals surface area contributed by atoms with Crippen LogP contribution in [0.2, 0.25) is 0 Å². The fourth-order valence-corrected chi connectivity index (χ4v) is 4.39. The van der Waals surface area contributed by atoms with E-state index in [2.05, 4.69) is 11.1 Å². The van der Waals surface area contributed by atoms with Crippen LogP contribution in [0.15, 0.2) is 74.2 Å². The molecular weight excluding hydrogens is 442 g/mol. The number of ether oxygens (including phenoxy) is 1. The first-order valence-corrected chi connectivity index (χ1v) is 10.8. The molecule has 0 saturated heterocycles. The Balaban J connectivity index is 1.52. The van der Waals surface area contributed by atoms with Crippen molar-refractivity contribution in [2.45, 2.75) is 16.3 Å². The summed E-state index contributed by atoms with van der Waals surface area (Å²) in [5, 5.41) is 9.32. The zero-order valence-electron chi connectivity index (χ0n) is 17.9. The molecule has 0 saturated carbocycles. The third kappa shape index (κ3) is 4.18. The summed E-state index contributed by atoms with van der Waals surface area (Å²) >= 11 is 1.32. The molecule has 166 valence electrons. The number of aryl methyl sites for hydroxylation is 1. The molecule has 0 atom stereocenters. The van der Waals surface area contributed by atoms with Crippen LogP contribution in [0, 0.1) is 11.3 Å². The van der Waals surface area contributed by atoms with Crippen molar-refractivity contribution in [3.8, 4) is 6.07 Å². The first-order valence-electron chi connectivity index (χ1n) is 9.96. The van der Waals surface area contributed by atoms with Gasteiger partial charge in [-0.25, -0.2) is 14.6 Å². The zero-order valence-corrected chi connectivity index (χ0v) is 18.7. The lowest BCUT2D eigenvalue weighted by atomic mass is 10.2. The van der Waals surface area contributed by atoms with Gasteiger partial charge in [0.25, 0.3) is 5.56 Å². The number of hydrogen-bond acceptors (Lipinski definition) is 7. The molecule has 0 fully saturated rings. The van der Waals surface area contributed by atoms with Gasteiger partial charge in [0.15, 0.2) is 11.2 Å². The highest BCUT2D eigenvalue weighted by molar-refractivity contribution is 7.99. The van der Waals surface area contributed by atoms with Crippen molar-refractivity contribution >= 4 is 28.9 Å². The first-order chi connectivity index (χ1) is 15.9. The number of rotatable bonds is 6. The number of carbonyl (C=O) groups excluding carboxylic acids is 1. The normalized spacial score (nSPS) is 10.8. The number of esters is 1. The van der Waals surface area contributed by atoms with E-state index in [0.29, 0.717) is 16.0 Å². The van der Waals surface area contributed by atoms with Gasteiger partial charge < -0.3 is 9.30 Å². The average molecular weight is 462 g/mol. The van der Waals surface area contributed by atoms with Crippen molar-refractivity contribution in [1.29, 1.82) is 5.26 Å².